The van der Waals surface area contributed by atoms with Crippen molar-refractivity contribution < 1.29 is 14.3 Å². The third kappa shape index (κ3) is 5.64. The van der Waals surface area contributed by atoms with Gasteiger partial charge in [0.2, 0.25) is 5.91 Å². The number of halogens is 2. The lowest BCUT2D eigenvalue weighted by Gasteiger charge is -2.20. The summed E-state index contributed by atoms with van der Waals surface area (Å²) in [5, 5.41) is 3.64. The zero-order valence-corrected chi connectivity index (χ0v) is 16.3. The second kappa shape index (κ2) is 8.92. The summed E-state index contributed by atoms with van der Waals surface area (Å²) in [6, 6.07) is 11.6. The number of hydrogen-bond acceptors (Lipinski definition) is 3. The maximum Gasteiger partial charge on any atom is 0.257 e. The average molecular weight is 395 g/mol. The SMILES string of the molecule is CC(C)Oc1ccc(Cl)cc1C(=O)N(C)CC(=O)Nc1cccc(Cl)c1. The topological polar surface area (TPSA) is 58.6 Å². The lowest BCUT2D eigenvalue weighted by atomic mass is 10.1. The third-order valence-corrected chi connectivity index (χ3v) is 3.84. The number of anilines is 1. The molecule has 1 N–H and O–H groups in total. The Bertz CT molecular complexity index is 809. The third-order valence-electron chi connectivity index (χ3n) is 3.37. The van der Waals surface area contributed by atoms with E-state index in [2.05, 4.69) is 5.32 Å². The summed E-state index contributed by atoms with van der Waals surface area (Å²) in [6.45, 7) is 3.61. The quantitative estimate of drug-likeness (QED) is 0.784. The van der Waals surface area contributed by atoms with E-state index < -0.39 is 0 Å². The van der Waals surface area contributed by atoms with Crippen LogP contribution in [0.25, 0.3) is 0 Å². The number of carbonyl (C=O) groups excluding carboxylic acids is 2. The Labute approximate surface area is 162 Å². The van der Waals surface area contributed by atoms with Crippen molar-refractivity contribution in [3.8, 4) is 5.75 Å². The van der Waals surface area contributed by atoms with E-state index in [-0.39, 0.29) is 24.5 Å². The molecule has 0 aliphatic heterocycles. The van der Waals surface area contributed by atoms with Gasteiger partial charge in [-0.25, -0.2) is 0 Å². The first-order valence-corrected chi connectivity index (χ1v) is 8.79. The van der Waals surface area contributed by atoms with Gasteiger partial charge in [0.25, 0.3) is 5.91 Å². The minimum absolute atomic E-state index is 0.0980. The monoisotopic (exact) mass is 394 g/mol. The van der Waals surface area contributed by atoms with Gasteiger partial charge in [-0.3, -0.25) is 9.59 Å². The maximum atomic E-state index is 12.7. The van der Waals surface area contributed by atoms with E-state index in [0.29, 0.717) is 27.0 Å². The van der Waals surface area contributed by atoms with E-state index in [0.717, 1.165) is 0 Å². The highest BCUT2D eigenvalue weighted by Gasteiger charge is 2.20. The number of benzene rings is 2. The molecule has 0 unspecified atom stereocenters. The molecule has 138 valence electrons. The number of likely N-dealkylation sites (N-methyl/N-ethyl adjacent to an activating group) is 1. The van der Waals surface area contributed by atoms with Gasteiger partial charge < -0.3 is 15.0 Å². The molecule has 0 heterocycles. The Hall–Kier alpha value is -2.24. The Morgan fingerprint density at radius 2 is 1.81 bits per heavy atom. The van der Waals surface area contributed by atoms with Gasteiger partial charge >= 0.3 is 0 Å². The molecule has 0 fully saturated rings. The molecule has 7 heteroatoms. The van der Waals surface area contributed by atoms with Gasteiger partial charge in [0.1, 0.15) is 5.75 Å². The molecule has 2 aromatic rings. The van der Waals surface area contributed by atoms with Crippen molar-refractivity contribution in [2.45, 2.75) is 20.0 Å². The molecule has 0 aliphatic rings. The molecule has 2 aromatic carbocycles. The molecular weight excluding hydrogens is 375 g/mol. The van der Waals surface area contributed by atoms with Crippen LogP contribution in [0, 0.1) is 0 Å². The van der Waals surface area contributed by atoms with Gasteiger partial charge in [-0.15, -0.1) is 0 Å². The first-order chi connectivity index (χ1) is 12.3. The smallest absolute Gasteiger partial charge is 0.257 e. The largest absolute Gasteiger partial charge is 0.490 e. The van der Waals surface area contributed by atoms with Crippen LogP contribution >= 0.6 is 23.2 Å². The fraction of sp³-hybridized carbons (Fsp3) is 0.263. The summed E-state index contributed by atoms with van der Waals surface area (Å²) in [6.07, 6.45) is -0.0980. The molecule has 0 aliphatic carbocycles. The van der Waals surface area contributed by atoms with E-state index in [1.165, 1.54) is 11.0 Å². The molecule has 0 bridgehead atoms. The van der Waals surface area contributed by atoms with Gasteiger partial charge in [-0.05, 0) is 50.2 Å². The van der Waals surface area contributed by atoms with Crippen molar-refractivity contribution in [3.63, 3.8) is 0 Å². The van der Waals surface area contributed by atoms with Crippen LogP contribution in [-0.2, 0) is 4.79 Å². The number of ether oxygens (including phenoxy) is 1. The van der Waals surface area contributed by atoms with Crippen LogP contribution in [0.2, 0.25) is 10.0 Å². The zero-order chi connectivity index (χ0) is 19.3. The van der Waals surface area contributed by atoms with Crippen molar-refractivity contribution in [2.24, 2.45) is 0 Å². The molecule has 2 rings (SSSR count). The fourth-order valence-corrected chi connectivity index (χ4v) is 2.65. The van der Waals surface area contributed by atoms with Gasteiger partial charge in [-0.2, -0.15) is 0 Å². The summed E-state index contributed by atoms with van der Waals surface area (Å²) in [5.41, 5.74) is 0.874. The van der Waals surface area contributed by atoms with Gasteiger partial charge in [0.05, 0.1) is 18.2 Å². The highest BCUT2D eigenvalue weighted by molar-refractivity contribution is 6.31. The Morgan fingerprint density at radius 1 is 1.12 bits per heavy atom. The van der Waals surface area contributed by atoms with Crippen LogP contribution in [0.1, 0.15) is 24.2 Å². The van der Waals surface area contributed by atoms with Crippen LogP contribution in [0.3, 0.4) is 0 Å². The molecule has 0 atom stereocenters. The lowest BCUT2D eigenvalue weighted by molar-refractivity contribution is -0.116. The lowest BCUT2D eigenvalue weighted by Crippen LogP contribution is -2.35. The second-order valence-corrected chi connectivity index (χ2v) is 6.90. The van der Waals surface area contributed by atoms with E-state index in [4.69, 9.17) is 27.9 Å². The van der Waals surface area contributed by atoms with Crippen LogP contribution < -0.4 is 10.1 Å². The number of carbonyl (C=O) groups is 2. The van der Waals surface area contributed by atoms with Crippen LogP contribution in [0.15, 0.2) is 42.5 Å². The van der Waals surface area contributed by atoms with E-state index in [1.54, 1.807) is 43.4 Å². The van der Waals surface area contributed by atoms with Crippen LogP contribution in [0.4, 0.5) is 5.69 Å². The number of amides is 2. The minimum atomic E-state index is -0.357. The first kappa shape index (κ1) is 20.1. The molecule has 0 aromatic heterocycles. The second-order valence-electron chi connectivity index (χ2n) is 6.03. The predicted octanol–water partition coefficient (Wildman–Crippen LogP) is 4.49. The first-order valence-electron chi connectivity index (χ1n) is 8.03. The van der Waals surface area contributed by atoms with Crippen molar-refractivity contribution >= 4 is 40.7 Å². The highest BCUT2D eigenvalue weighted by Crippen LogP contribution is 2.25. The predicted molar refractivity (Wildman–Crippen MR) is 104 cm³/mol. The molecular formula is C19H20Cl2N2O3. The molecule has 26 heavy (non-hydrogen) atoms. The Kier molecular flexibility index (Phi) is 6.89. The van der Waals surface area contributed by atoms with Crippen LogP contribution in [-0.4, -0.2) is 36.4 Å². The number of nitrogens with zero attached hydrogens (tertiary/aromatic N) is 1. The molecule has 5 nitrogen and oxygen atoms in total. The van der Waals surface area contributed by atoms with Crippen molar-refractivity contribution in [3.05, 3.63) is 58.1 Å². The standard InChI is InChI=1S/C19H20Cl2N2O3/c1-12(2)26-17-8-7-14(21)10-16(17)19(25)23(3)11-18(24)22-15-6-4-5-13(20)9-15/h4-10,12H,11H2,1-3H3,(H,22,24). The Morgan fingerprint density at radius 3 is 2.46 bits per heavy atom. The molecule has 0 radical (unpaired) electrons. The molecule has 2 amide bonds. The number of nitrogens with one attached hydrogen (secondary N) is 1. The van der Waals surface area contributed by atoms with Gasteiger partial charge in [0.15, 0.2) is 0 Å². The summed E-state index contributed by atoms with van der Waals surface area (Å²) in [7, 11) is 1.54. The highest BCUT2D eigenvalue weighted by atomic mass is 35.5. The molecule has 0 spiro atoms. The zero-order valence-electron chi connectivity index (χ0n) is 14.8. The van der Waals surface area contributed by atoms with Gasteiger partial charge in [0, 0.05) is 22.8 Å². The van der Waals surface area contributed by atoms with E-state index >= 15 is 0 Å². The summed E-state index contributed by atoms with van der Waals surface area (Å²) < 4.78 is 5.66. The Balaban J connectivity index is 2.09. The molecule has 0 saturated carbocycles. The van der Waals surface area contributed by atoms with Crippen LogP contribution in [0.5, 0.6) is 5.75 Å². The number of hydrogen-bond donors (Lipinski definition) is 1. The van der Waals surface area contributed by atoms with E-state index in [1.807, 2.05) is 13.8 Å². The summed E-state index contributed by atoms with van der Waals surface area (Å²) in [4.78, 5) is 26.2. The van der Waals surface area contributed by atoms with Crippen molar-refractivity contribution in [1.29, 1.82) is 0 Å². The van der Waals surface area contributed by atoms with E-state index in [9.17, 15) is 9.59 Å². The van der Waals surface area contributed by atoms with Crippen molar-refractivity contribution in [2.75, 3.05) is 18.9 Å². The van der Waals surface area contributed by atoms with Crippen molar-refractivity contribution in [1.82, 2.24) is 4.90 Å². The molecule has 0 saturated heterocycles. The average Bonchev–Trinajstić information content (AvgIpc) is 2.55. The van der Waals surface area contributed by atoms with Gasteiger partial charge in [-0.1, -0.05) is 29.3 Å². The maximum absolute atomic E-state index is 12.7. The summed E-state index contributed by atoms with van der Waals surface area (Å²) in [5.74, 6) is -0.266. The normalized spacial score (nSPS) is 10.5. The minimum Gasteiger partial charge on any atom is -0.490 e. The summed E-state index contributed by atoms with van der Waals surface area (Å²) >= 11 is 11.9. The fourth-order valence-electron chi connectivity index (χ4n) is 2.29. The number of rotatable bonds is 6.